The van der Waals surface area contributed by atoms with E-state index >= 15 is 0 Å². The van der Waals surface area contributed by atoms with Crippen LogP contribution >= 0.6 is 0 Å². The van der Waals surface area contributed by atoms with E-state index in [9.17, 15) is 4.79 Å². The van der Waals surface area contributed by atoms with Crippen LogP contribution in [0.4, 0.5) is 17.2 Å². The molecule has 27 heavy (non-hydrogen) atoms. The molecule has 1 saturated heterocycles. The number of aryl methyl sites for hydroxylation is 1. The number of piperidine rings is 1. The molecule has 0 aliphatic carbocycles. The first-order chi connectivity index (χ1) is 13.1. The predicted molar refractivity (Wildman–Crippen MR) is 111 cm³/mol. The van der Waals surface area contributed by atoms with Crippen LogP contribution in [0.25, 0.3) is 0 Å². The third kappa shape index (κ3) is 4.56. The van der Waals surface area contributed by atoms with Crippen molar-refractivity contribution in [2.45, 2.75) is 40.0 Å². The molecule has 0 spiro atoms. The van der Waals surface area contributed by atoms with Gasteiger partial charge in [0, 0.05) is 43.6 Å². The number of nitrogens with one attached hydrogen (secondary N) is 1. The Morgan fingerprint density at radius 1 is 1.11 bits per heavy atom. The third-order valence-corrected chi connectivity index (χ3v) is 5.15. The summed E-state index contributed by atoms with van der Waals surface area (Å²) in [7, 11) is 0. The van der Waals surface area contributed by atoms with Gasteiger partial charge in [0.25, 0.3) is 5.91 Å². The minimum absolute atomic E-state index is 0.200. The van der Waals surface area contributed by atoms with Crippen LogP contribution in [0, 0.1) is 6.92 Å². The summed E-state index contributed by atoms with van der Waals surface area (Å²) in [5.74, 6) is 0.637. The topological polar surface area (TPSA) is 61.4 Å². The van der Waals surface area contributed by atoms with Crippen LogP contribution in [0.3, 0.4) is 0 Å². The van der Waals surface area contributed by atoms with E-state index in [0.717, 1.165) is 43.2 Å². The van der Waals surface area contributed by atoms with Crippen LogP contribution in [-0.2, 0) is 0 Å². The molecule has 1 aliphatic rings. The van der Waals surface area contributed by atoms with Crippen LogP contribution in [0.15, 0.2) is 30.6 Å². The lowest BCUT2D eigenvalue weighted by atomic mass is 10.1. The number of hydrogen-bond donors (Lipinski definition) is 1. The Labute approximate surface area is 161 Å². The second-order valence-corrected chi connectivity index (χ2v) is 6.93. The normalized spacial score (nSPS) is 14.1. The van der Waals surface area contributed by atoms with Crippen LogP contribution in [0.5, 0.6) is 0 Å². The van der Waals surface area contributed by atoms with Gasteiger partial charge < -0.3 is 15.1 Å². The Kier molecular flexibility index (Phi) is 6.27. The molecule has 1 N–H and O–H groups in total. The molecule has 1 aliphatic heterocycles. The van der Waals surface area contributed by atoms with Crippen molar-refractivity contribution in [3.05, 3.63) is 41.9 Å². The maximum absolute atomic E-state index is 12.7. The lowest BCUT2D eigenvalue weighted by molar-refractivity contribution is 0.102. The average Bonchev–Trinajstić information content (AvgIpc) is 2.71. The van der Waals surface area contributed by atoms with E-state index in [1.165, 1.54) is 31.3 Å². The number of nitrogens with zero attached hydrogens (tertiary/aromatic N) is 4. The molecule has 0 atom stereocenters. The molecule has 1 fully saturated rings. The van der Waals surface area contributed by atoms with Gasteiger partial charge in [0.2, 0.25) is 0 Å². The molecule has 3 rings (SSSR count). The highest BCUT2D eigenvalue weighted by atomic mass is 16.1. The summed E-state index contributed by atoms with van der Waals surface area (Å²) in [5.41, 5.74) is 3.43. The van der Waals surface area contributed by atoms with Crippen molar-refractivity contribution < 1.29 is 4.79 Å². The van der Waals surface area contributed by atoms with Crippen molar-refractivity contribution >= 4 is 23.1 Å². The summed E-state index contributed by atoms with van der Waals surface area (Å²) in [4.78, 5) is 25.7. The number of aromatic nitrogens is 2. The van der Waals surface area contributed by atoms with Gasteiger partial charge in [0.15, 0.2) is 0 Å². The monoisotopic (exact) mass is 367 g/mol. The van der Waals surface area contributed by atoms with Gasteiger partial charge >= 0.3 is 0 Å². The Bertz CT molecular complexity index is 782. The first-order valence-corrected chi connectivity index (χ1v) is 9.86. The number of carbonyl (C=O) groups is 1. The Balaban J connectivity index is 1.73. The molecule has 0 unspecified atom stereocenters. The molecule has 1 aromatic carbocycles. The molecule has 0 radical (unpaired) electrons. The molecular formula is C21H29N5O. The number of amides is 1. The van der Waals surface area contributed by atoms with Crippen LogP contribution in [0.1, 0.15) is 49.2 Å². The van der Waals surface area contributed by atoms with Crippen LogP contribution in [-0.4, -0.2) is 42.1 Å². The molecule has 1 aromatic heterocycles. The number of rotatable bonds is 6. The zero-order valence-electron chi connectivity index (χ0n) is 16.5. The molecule has 6 nitrogen and oxygen atoms in total. The van der Waals surface area contributed by atoms with Gasteiger partial charge in [-0.15, -0.1) is 0 Å². The average molecular weight is 367 g/mol. The Morgan fingerprint density at radius 3 is 2.52 bits per heavy atom. The first kappa shape index (κ1) is 19.1. The molecule has 2 heterocycles. The van der Waals surface area contributed by atoms with Gasteiger partial charge in [0.05, 0.1) is 0 Å². The highest BCUT2D eigenvalue weighted by Gasteiger charge is 2.16. The van der Waals surface area contributed by atoms with E-state index in [1.807, 2.05) is 13.0 Å². The minimum atomic E-state index is -0.200. The van der Waals surface area contributed by atoms with Crippen molar-refractivity contribution in [2.24, 2.45) is 0 Å². The molecule has 2 aromatic rings. The van der Waals surface area contributed by atoms with Crippen molar-refractivity contribution in [1.29, 1.82) is 0 Å². The van der Waals surface area contributed by atoms with Gasteiger partial charge in [-0.3, -0.25) is 4.79 Å². The van der Waals surface area contributed by atoms with Gasteiger partial charge in [0.1, 0.15) is 17.8 Å². The van der Waals surface area contributed by atoms with Crippen LogP contribution in [0.2, 0.25) is 0 Å². The predicted octanol–water partition coefficient (Wildman–Crippen LogP) is 3.87. The fourth-order valence-corrected chi connectivity index (χ4v) is 3.53. The Morgan fingerprint density at radius 2 is 1.85 bits per heavy atom. The van der Waals surface area contributed by atoms with E-state index < -0.39 is 0 Å². The Hall–Kier alpha value is -2.63. The molecule has 1 amide bonds. The van der Waals surface area contributed by atoms with Crippen molar-refractivity contribution in [1.82, 2.24) is 9.97 Å². The molecule has 0 saturated carbocycles. The lowest BCUT2D eigenvalue weighted by Crippen LogP contribution is -2.30. The van der Waals surface area contributed by atoms with Crippen molar-refractivity contribution in [3.8, 4) is 0 Å². The summed E-state index contributed by atoms with van der Waals surface area (Å²) in [5, 5.41) is 2.99. The third-order valence-electron chi connectivity index (χ3n) is 5.15. The largest absolute Gasteiger partial charge is 0.372 e. The van der Waals surface area contributed by atoms with E-state index in [1.54, 1.807) is 6.07 Å². The van der Waals surface area contributed by atoms with E-state index in [2.05, 4.69) is 51.1 Å². The highest BCUT2D eigenvalue weighted by molar-refractivity contribution is 6.03. The maximum Gasteiger partial charge on any atom is 0.274 e. The quantitative estimate of drug-likeness (QED) is 0.840. The first-order valence-electron chi connectivity index (χ1n) is 9.86. The van der Waals surface area contributed by atoms with Gasteiger partial charge in [-0.25, -0.2) is 9.97 Å². The van der Waals surface area contributed by atoms with Gasteiger partial charge in [-0.1, -0.05) is 0 Å². The zero-order chi connectivity index (χ0) is 19.2. The molecule has 6 heteroatoms. The number of benzene rings is 1. The summed E-state index contributed by atoms with van der Waals surface area (Å²) >= 11 is 0. The second-order valence-electron chi connectivity index (χ2n) is 6.93. The van der Waals surface area contributed by atoms with Crippen molar-refractivity contribution in [2.75, 3.05) is 41.3 Å². The molecular weight excluding hydrogens is 338 g/mol. The highest BCUT2D eigenvalue weighted by Crippen LogP contribution is 2.23. The van der Waals surface area contributed by atoms with Gasteiger partial charge in [-0.05, 0) is 63.8 Å². The zero-order valence-corrected chi connectivity index (χ0v) is 16.5. The maximum atomic E-state index is 12.7. The standard InChI is InChI=1S/C21H29N5O/c1-4-25(5-2)17-9-10-18(16(3)13-17)24-21(27)19-14-20(23-15-22-19)26-11-7-6-8-12-26/h9-10,13-15H,4-8,11-12H2,1-3H3,(H,24,27). The van der Waals surface area contributed by atoms with E-state index in [0.29, 0.717) is 5.69 Å². The fraction of sp³-hybridized carbons (Fsp3) is 0.476. The lowest BCUT2D eigenvalue weighted by Gasteiger charge is -2.27. The van der Waals surface area contributed by atoms with Crippen LogP contribution < -0.4 is 15.1 Å². The fourth-order valence-electron chi connectivity index (χ4n) is 3.53. The van der Waals surface area contributed by atoms with E-state index in [-0.39, 0.29) is 5.91 Å². The smallest absolute Gasteiger partial charge is 0.274 e. The summed E-state index contributed by atoms with van der Waals surface area (Å²) in [6.45, 7) is 10.2. The number of hydrogen-bond acceptors (Lipinski definition) is 5. The number of anilines is 3. The van der Waals surface area contributed by atoms with Crippen molar-refractivity contribution in [3.63, 3.8) is 0 Å². The minimum Gasteiger partial charge on any atom is -0.372 e. The van der Waals surface area contributed by atoms with Gasteiger partial charge in [-0.2, -0.15) is 0 Å². The number of carbonyl (C=O) groups excluding carboxylic acids is 1. The summed E-state index contributed by atoms with van der Waals surface area (Å²) in [6, 6.07) is 7.92. The SMILES string of the molecule is CCN(CC)c1ccc(NC(=O)c2cc(N3CCCCC3)ncn2)c(C)c1. The second kappa shape index (κ2) is 8.84. The summed E-state index contributed by atoms with van der Waals surface area (Å²) in [6.07, 6.45) is 5.08. The van der Waals surface area contributed by atoms with E-state index in [4.69, 9.17) is 0 Å². The molecule has 0 bridgehead atoms. The molecule has 144 valence electrons. The summed E-state index contributed by atoms with van der Waals surface area (Å²) < 4.78 is 0.